The summed E-state index contributed by atoms with van der Waals surface area (Å²) >= 11 is 0. The molecule has 0 bridgehead atoms. The number of amides is 1. The van der Waals surface area contributed by atoms with Crippen LogP contribution in [0.4, 0.5) is 0 Å². The SMILES string of the molecule is O=C(NC[C@@H]1CCCN2CCCC[C@@H]12)c1cc(=O)[nH]c2ccccc12. The van der Waals surface area contributed by atoms with Crippen molar-refractivity contribution in [3.63, 3.8) is 0 Å². The van der Waals surface area contributed by atoms with Crippen molar-refractivity contribution < 1.29 is 4.79 Å². The van der Waals surface area contributed by atoms with Crippen molar-refractivity contribution in [2.24, 2.45) is 5.92 Å². The molecule has 132 valence electrons. The van der Waals surface area contributed by atoms with Gasteiger partial charge in [-0.15, -0.1) is 0 Å². The summed E-state index contributed by atoms with van der Waals surface area (Å²) in [5, 5.41) is 3.90. The molecule has 5 heteroatoms. The van der Waals surface area contributed by atoms with Crippen LogP contribution in [0, 0.1) is 5.92 Å². The predicted octanol–water partition coefficient (Wildman–Crippen LogP) is 2.52. The van der Waals surface area contributed by atoms with E-state index in [1.807, 2.05) is 24.3 Å². The highest BCUT2D eigenvalue weighted by Gasteiger charge is 2.33. The standard InChI is InChI=1S/C20H25N3O2/c24-19-12-16(15-7-1-2-8-17(15)22-19)20(25)21-13-14-6-5-11-23-10-4-3-9-18(14)23/h1-2,7-8,12,14,18H,3-6,9-11,13H2,(H,21,25)(H,22,24)/t14-,18-/m0/s1. The molecule has 0 aliphatic carbocycles. The van der Waals surface area contributed by atoms with Gasteiger partial charge >= 0.3 is 0 Å². The first-order chi connectivity index (χ1) is 12.2. The topological polar surface area (TPSA) is 65.2 Å². The number of para-hydroxylation sites is 1. The van der Waals surface area contributed by atoms with E-state index in [1.165, 1.54) is 51.3 Å². The molecule has 2 atom stereocenters. The highest BCUT2D eigenvalue weighted by Crippen LogP contribution is 2.30. The zero-order chi connectivity index (χ0) is 17.2. The number of hydrogen-bond acceptors (Lipinski definition) is 3. The fourth-order valence-electron chi connectivity index (χ4n) is 4.53. The Labute approximate surface area is 147 Å². The molecular formula is C20H25N3O2. The Bertz CT molecular complexity index is 827. The fraction of sp³-hybridized carbons (Fsp3) is 0.500. The average molecular weight is 339 g/mol. The second kappa shape index (κ2) is 7.00. The molecule has 2 saturated heterocycles. The molecule has 0 unspecified atom stereocenters. The minimum Gasteiger partial charge on any atom is -0.352 e. The van der Waals surface area contributed by atoms with E-state index < -0.39 is 0 Å². The molecule has 4 rings (SSSR count). The van der Waals surface area contributed by atoms with Crippen LogP contribution in [0.1, 0.15) is 42.5 Å². The van der Waals surface area contributed by atoms with Gasteiger partial charge in [0.25, 0.3) is 5.91 Å². The van der Waals surface area contributed by atoms with Crippen molar-refractivity contribution in [1.82, 2.24) is 15.2 Å². The molecule has 2 aromatic rings. The van der Waals surface area contributed by atoms with Crippen LogP contribution in [0.15, 0.2) is 35.1 Å². The Balaban J connectivity index is 1.50. The zero-order valence-corrected chi connectivity index (χ0v) is 14.5. The number of H-pyrrole nitrogens is 1. The number of rotatable bonds is 3. The van der Waals surface area contributed by atoms with Crippen LogP contribution in [-0.2, 0) is 0 Å². The number of fused-ring (bicyclic) bond motifs is 2. The van der Waals surface area contributed by atoms with Crippen LogP contribution in [0.5, 0.6) is 0 Å². The Kier molecular flexibility index (Phi) is 4.57. The van der Waals surface area contributed by atoms with Crippen molar-refractivity contribution >= 4 is 16.8 Å². The number of aromatic amines is 1. The molecule has 2 N–H and O–H groups in total. The third kappa shape index (κ3) is 3.33. The second-order valence-electron chi connectivity index (χ2n) is 7.30. The van der Waals surface area contributed by atoms with Gasteiger partial charge in [-0.1, -0.05) is 24.6 Å². The van der Waals surface area contributed by atoms with Crippen LogP contribution in [0.2, 0.25) is 0 Å². The fourth-order valence-corrected chi connectivity index (χ4v) is 4.53. The van der Waals surface area contributed by atoms with Crippen molar-refractivity contribution in [3.8, 4) is 0 Å². The molecule has 2 aliphatic heterocycles. The van der Waals surface area contributed by atoms with E-state index in [4.69, 9.17) is 0 Å². The van der Waals surface area contributed by atoms with Gasteiger partial charge in [0.15, 0.2) is 0 Å². The lowest BCUT2D eigenvalue weighted by Crippen LogP contribution is -2.51. The van der Waals surface area contributed by atoms with Crippen LogP contribution in [0.25, 0.3) is 10.9 Å². The smallest absolute Gasteiger partial charge is 0.252 e. The highest BCUT2D eigenvalue weighted by atomic mass is 16.2. The van der Waals surface area contributed by atoms with Gasteiger partial charge in [-0.3, -0.25) is 9.59 Å². The summed E-state index contributed by atoms with van der Waals surface area (Å²) in [4.78, 5) is 30.0. The van der Waals surface area contributed by atoms with Gasteiger partial charge in [0, 0.05) is 29.6 Å². The maximum absolute atomic E-state index is 12.7. The van der Waals surface area contributed by atoms with Crippen LogP contribution >= 0.6 is 0 Å². The Morgan fingerprint density at radius 2 is 2.00 bits per heavy atom. The number of piperidine rings is 2. The zero-order valence-electron chi connectivity index (χ0n) is 14.5. The van der Waals surface area contributed by atoms with Crippen LogP contribution in [0.3, 0.4) is 0 Å². The third-order valence-electron chi connectivity index (χ3n) is 5.75. The van der Waals surface area contributed by atoms with E-state index in [2.05, 4.69) is 15.2 Å². The van der Waals surface area contributed by atoms with Crippen molar-refractivity contribution in [1.29, 1.82) is 0 Å². The average Bonchev–Trinajstić information content (AvgIpc) is 2.65. The number of nitrogens with one attached hydrogen (secondary N) is 2. The van der Waals surface area contributed by atoms with Crippen molar-refractivity contribution in [2.45, 2.75) is 38.1 Å². The van der Waals surface area contributed by atoms with Gasteiger partial charge in [-0.25, -0.2) is 0 Å². The Morgan fingerprint density at radius 1 is 1.16 bits per heavy atom. The van der Waals surface area contributed by atoms with E-state index in [9.17, 15) is 9.59 Å². The van der Waals surface area contributed by atoms with E-state index >= 15 is 0 Å². The molecule has 0 spiro atoms. The van der Waals surface area contributed by atoms with Gasteiger partial charge in [0.05, 0.1) is 5.56 Å². The molecule has 3 heterocycles. The predicted molar refractivity (Wildman–Crippen MR) is 98.8 cm³/mol. The molecule has 2 fully saturated rings. The van der Waals surface area contributed by atoms with E-state index in [0.29, 0.717) is 29.6 Å². The molecule has 1 aromatic heterocycles. The largest absolute Gasteiger partial charge is 0.352 e. The number of nitrogens with zero attached hydrogens (tertiary/aromatic N) is 1. The summed E-state index contributed by atoms with van der Waals surface area (Å²) < 4.78 is 0. The summed E-state index contributed by atoms with van der Waals surface area (Å²) in [6, 6.07) is 9.47. The number of aromatic nitrogens is 1. The summed E-state index contributed by atoms with van der Waals surface area (Å²) in [5.41, 5.74) is 0.937. The van der Waals surface area contributed by atoms with E-state index in [0.717, 1.165) is 5.39 Å². The van der Waals surface area contributed by atoms with Crippen molar-refractivity contribution in [2.75, 3.05) is 19.6 Å². The minimum absolute atomic E-state index is 0.143. The van der Waals surface area contributed by atoms with Gasteiger partial charge in [0.1, 0.15) is 0 Å². The maximum Gasteiger partial charge on any atom is 0.252 e. The lowest BCUT2D eigenvalue weighted by Gasteiger charge is -2.44. The molecular weight excluding hydrogens is 314 g/mol. The molecule has 1 aromatic carbocycles. The lowest BCUT2D eigenvalue weighted by atomic mass is 9.83. The van der Waals surface area contributed by atoms with Crippen molar-refractivity contribution in [3.05, 3.63) is 46.2 Å². The van der Waals surface area contributed by atoms with Gasteiger partial charge in [-0.05, 0) is 50.8 Å². The molecule has 1 amide bonds. The molecule has 0 radical (unpaired) electrons. The van der Waals surface area contributed by atoms with Gasteiger partial charge in [-0.2, -0.15) is 0 Å². The number of hydrogen-bond donors (Lipinski definition) is 2. The van der Waals surface area contributed by atoms with Crippen LogP contribution < -0.4 is 10.9 Å². The Hall–Kier alpha value is -2.14. The van der Waals surface area contributed by atoms with E-state index in [1.54, 1.807) is 0 Å². The number of pyridine rings is 1. The second-order valence-corrected chi connectivity index (χ2v) is 7.30. The third-order valence-corrected chi connectivity index (χ3v) is 5.75. The summed E-state index contributed by atoms with van der Waals surface area (Å²) in [5.74, 6) is 0.376. The van der Waals surface area contributed by atoms with E-state index in [-0.39, 0.29) is 11.5 Å². The number of carbonyl (C=O) groups excluding carboxylic acids is 1. The Morgan fingerprint density at radius 3 is 2.92 bits per heavy atom. The molecule has 5 nitrogen and oxygen atoms in total. The van der Waals surface area contributed by atoms with Gasteiger partial charge < -0.3 is 15.2 Å². The lowest BCUT2D eigenvalue weighted by molar-refractivity contribution is 0.0576. The monoisotopic (exact) mass is 339 g/mol. The molecule has 2 aliphatic rings. The minimum atomic E-state index is -0.236. The first kappa shape index (κ1) is 16.3. The first-order valence-corrected chi connectivity index (χ1v) is 9.37. The maximum atomic E-state index is 12.7. The summed E-state index contributed by atoms with van der Waals surface area (Å²) in [6.45, 7) is 3.10. The quantitative estimate of drug-likeness (QED) is 0.903. The molecule has 0 saturated carbocycles. The summed E-state index contributed by atoms with van der Waals surface area (Å²) in [6.07, 6.45) is 6.23. The highest BCUT2D eigenvalue weighted by molar-refractivity contribution is 6.05. The number of benzene rings is 1. The summed E-state index contributed by atoms with van der Waals surface area (Å²) in [7, 11) is 0. The van der Waals surface area contributed by atoms with Crippen LogP contribution in [-0.4, -0.2) is 41.5 Å². The number of carbonyl (C=O) groups is 1. The normalized spacial score (nSPS) is 24.0. The molecule has 25 heavy (non-hydrogen) atoms. The first-order valence-electron chi connectivity index (χ1n) is 9.37. The van der Waals surface area contributed by atoms with Gasteiger partial charge in [0.2, 0.25) is 5.56 Å².